The molecule has 0 N–H and O–H groups in total. The Labute approximate surface area is 152 Å². The predicted octanol–water partition coefficient (Wildman–Crippen LogP) is 6.06. The minimum Gasteiger partial charge on any atom is -0.344 e. The summed E-state index contributed by atoms with van der Waals surface area (Å²) in [7, 11) is 0. The molecule has 0 unspecified atom stereocenters. The summed E-state index contributed by atoms with van der Waals surface area (Å²) < 4.78 is 0. The molecular formula is C20H19ClN2S. The van der Waals surface area contributed by atoms with Gasteiger partial charge in [0.05, 0.1) is 5.69 Å². The van der Waals surface area contributed by atoms with Crippen molar-refractivity contribution in [3.05, 3.63) is 70.9 Å². The average molecular weight is 355 g/mol. The molecule has 4 rings (SSSR count). The van der Waals surface area contributed by atoms with Crippen molar-refractivity contribution < 1.29 is 0 Å². The van der Waals surface area contributed by atoms with Crippen LogP contribution in [0, 0.1) is 0 Å². The third-order valence-electron chi connectivity index (χ3n) is 4.45. The number of para-hydroxylation sites is 1. The lowest BCUT2D eigenvalue weighted by Crippen LogP contribution is -2.23. The van der Waals surface area contributed by atoms with Crippen LogP contribution in [-0.2, 0) is 0 Å². The van der Waals surface area contributed by atoms with Crippen molar-refractivity contribution in [3.8, 4) is 0 Å². The van der Waals surface area contributed by atoms with E-state index in [9.17, 15) is 0 Å². The molecular weight excluding hydrogens is 336 g/mol. The van der Waals surface area contributed by atoms with Gasteiger partial charge in [-0.3, -0.25) is 0 Å². The number of nitrogens with zero attached hydrogens (tertiary/aromatic N) is 2. The number of aliphatic imine (C=N–C) groups is 1. The lowest BCUT2D eigenvalue weighted by Gasteiger charge is -2.25. The first-order valence-corrected chi connectivity index (χ1v) is 9.70. The Morgan fingerprint density at radius 2 is 1.75 bits per heavy atom. The highest BCUT2D eigenvalue weighted by atomic mass is 35.5. The Bertz CT molecular complexity index is 781. The molecule has 1 aliphatic heterocycles. The van der Waals surface area contributed by atoms with Crippen molar-refractivity contribution in [2.24, 2.45) is 4.99 Å². The van der Waals surface area contributed by atoms with Gasteiger partial charge >= 0.3 is 0 Å². The van der Waals surface area contributed by atoms with Gasteiger partial charge in [-0.1, -0.05) is 29.8 Å². The van der Waals surface area contributed by atoms with Crippen LogP contribution in [0.1, 0.15) is 19.3 Å². The molecule has 0 radical (unpaired) electrons. The van der Waals surface area contributed by atoms with Crippen molar-refractivity contribution in [2.75, 3.05) is 17.2 Å². The van der Waals surface area contributed by atoms with Crippen LogP contribution in [0.3, 0.4) is 0 Å². The fraction of sp³-hybridized carbons (Fsp3) is 0.250. The molecule has 0 atom stereocenters. The number of anilines is 1. The molecule has 2 nitrogen and oxygen atoms in total. The van der Waals surface area contributed by atoms with Crippen LogP contribution in [0.15, 0.2) is 70.9 Å². The number of halogens is 1. The van der Waals surface area contributed by atoms with E-state index in [-0.39, 0.29) is 0 Å². The van der Waals surface area contributed by atoms with Gasteiger partial charge in [0, 0.05) is 34.3 Å². The van der Waals surface area contributed by atoms with Crippen molar-refractivity contribution in [1.29, 1.82) is 0 Å². The summed E-state index contributed by atoms with van der Waals surface area (Å²) in [5.41, 5.74) is 5.16. The van der Waals surface area contributed by atoms with E-state index in [1.807, 2.05) is 36.0 Å². The Morgan fingerprint density at radius 3 is 2.54 bits per heavy atom. The Kier molecular flexibility index (Phi) is 4.63. The molecule has 24 heavy (non-hydrogen) atoms. The fourth-order valence-electron chi connectivity index (χ4n) is 3.34. The third kappa shape index (κ3) is 3.24. The minimum absolute atomic E-state index is 0.753. The summed E-state index contributed by atoms with van der Waals surface area (Å²) in [6.07, 6.45) is 3.48. The number of hydrogen-bond acceptors (Lipinski definition) is 3. The van der Waals surface area contributed by atoms with Crippen LogP contribution >= 0.6 is 23.4 Å². The molecule has 2 aliphatic rings. The van der Waals surface area contributed by atoms with Crippen LogP contribution in [0.2, 0.25) is 5.02 Å². The summed E-state index contributed by atoms with van der Waals surface area (Å²) in [5.74, 6) is 1.05. The van der Waals surface area contributed by atoms with Crippen molar-refractivity contribution >= 4 is 39.8 Å². The predicted molar refractivity (Wildman–Crippen MR) is 106 cm³/mol. The van der Waals surface area contributed by atoms with Crippen LogP contribution in [0.5, 0.6) is 0 Å². The summed E-state index contributed by atoms with van der Waals surface area (Å²) >= 11 is 7.86. The number of hydrogen-bond donors (Lipinski definition) is 0. The van der Waals surface area contributed by atoms with Crippen LogP contribution < -0.4 is 4.90 Å². The quantitative estimate of drug-likeness (QED) is 0.651. The van der Waals surface area contributed by atoms with Crippen molar-refractivity contribution in [3.63, 3.8) is 0 Å². The zero-order chi connectivity index (χ0) is 16.4. The molecule has 1 aliphatic carbocycles. The summed E-state index contributed by atoms with van der Waals surface area (Å²) in [6, 6.07) is 18.5. The zero-order valence-electron chi connectivity index (χ0n) is 13.4. The van der Waals surface area contributed by atoms with Crippen LogP contribution in [0.4, 0.5) is 11.4 Å². The lowest BCUT2D eigenvalue weighted by atomic mass is 10.2. The maximum absolute atomic E-state index is 5.99. The standard InChI is InChI=1S/C20H19ClN2S/c21-15-9-11-16(12-10-15)22-20-18-7-4-8-19(18)23(13-14-24-20)17-5-2-1-3-6-17/h1-3,5-6,9-12H,4,7-8,13-14H2. The maximum Gasteiger partial charge on any atom is 0.102 e. The van der Waals surface area contributed by atoms with Gasteiger partial charge in [0.25, 0.3) is 0 Å². The van der Waals surface area contributed by atoms with Gasteiger partial charge in [0.1, 0.15) is 5.04 Å². The lowest BCUT2D eigenvalue weighted by molar-refractivity contribution is 0.852. The molecule has 0 saturated carbocycles. The summed E-state index contributed by atoms with van der Waals surface area (Å²) in [6.45, 7) is 1.03. The second-order valence-corrected chi connectivity index (χ2v) is 7.53. The first-order valence-electron chi connectivity index (χ1n) is 8.33. The molecule has 0 aromatic heterocycles. The molecule has 4 heteroatoms. The van der Waals surface area contributed by atoms with Gasteiger partial charge in [-0.15, -0.1) is 11.8 Å². The van der Waals surface area contributed by atoms with Gasteiger partial charge in [-0.25, -0.2) is 4.99 Å². The highest BCUT2D eigenvalue weighted by Crippen LogP contribution is 2.38. The molecule has 0 bridgehead atoms. The third-order valence-corrected chi connectivity index (χ3v) is 5.70. The largest absolute Gasteiger partial charge is 0.344 e. The van der Waals surface area contributed by atoms with E-state index in [1.165, 1.54) is 28.4 Å². The van der Waals surface area contributed by atoms with Gasteiger partial charge in [-0.05, 0) is 55.7 Å². The van der Waals surface area contributed by atoms with E-state index in [2.05, 4.69) is 35.2 Å². The van der Waals surface area contributed by atoms with E-state index in [0.717, 1.165) is 35.8 Å². The first kappa shape index (κ1) is 15.8. The number of allylic oxidation sites excluding steroid dienone is 1. The smallest absolute Gasteiger partial charge is 0.102 e. The minimum atomic E-state index is 0.753. The maximum atomic E-state index is 5.99. The van der Waals surface area contributed by atoms with Gasteiger partial charge in [0.2, 0.25) is 0 Å². The topological polar surface area (TPSA) is 15.6 Å². The van der Waals surface area contributed by atoms with E-state index >= 15 is 0 Å². The second-order valence-electron chi connectivity index (χ2n) is 6.01. The van der Waals surface area contributed by atoms with E-state index < -0.39 is 0 Å². The Hall–Kier alpha value is -1.71. The Balaban J connectivity index is 1.72. The highest BCUT2D eigenvalue weighted by molar-refractivity contribution is 8.14. The number of benzene rings is 2. The molecule has 0 saturated heterocycles. The Morgan fingerprint density at radius 1 is 0.958 bits per heavy atom. The van der Waals surface area contributed by atoms with Crippen LogP contribution in [-0.4, -0.2) is 17.3 Å². The summed E-state index contributed by atoms with van der Waals surface area (Å²) in [4.78, 5) is 7.41. The SMILES string of the molecule is Clc1ccc(N=C2SCCN(c3ccccc3)C3=C2CCC3)cc1. The molecule has 0 fully saturated rings. The molecule has 2 aromatic carbocycles. The number of rotatable bonds is 2. The normalized spacial score (nSPS) is 19.5. The van der Waals surface area contributed by atoms with Gasteiger partial charge in [0.15, 0.2) is 0 Å². The molecule has 1 heterocycles. The molecule has 122 valence electrons. The highest BCUT2D eigenvalue weighted by Gasteiger charge is 2.27. The molecule has 0 amide bonds. The monoisotopic (exact) mass is 354 g/mol. The van der Waals surface area contributed by atoms with Crippen molar-refractivity contribution in [2.45, 2.75) is 19.3 Å². The summed E-state index contributed by atoms with van der Waals surface area (Å²) in [5, 5.41) is 1.94. The van der Waals surface area contributed by atoms with Crippen molar-refractivity contribution in [1.82, 2.24) is 0 Å². The first-order chi connectivity index (χ1) is 11.8. The van der Waals surface area contributed by atoms with E-state index in [0.29, 0.717) is 0 Å². The second kappa shape index (κ2) is 7.04. The van der Waals surface area contributed by atoms with Crippen LogP contribution in [0.25, 0.3) is 0 Å². The zero-order valence-corrected chi connectivity index (χ0v) is 15.0. The fourth-order valence-corrected chi connectivity index (χ4v) is 4.49. The van der Waals surface area contributed by atoms with E-state index in [4.69, 9.17) is 16.6 Å². The van der Waals surface area contributed by atoms with E-state index in [1.54, 1.807) is 0 Å². The molecule has 0 spiro atoms. The number of thioether (sulfide) groups is 1. The molecule has 2 aromatic rings. The van der Waals surface area contributed by atoms with Gasteiger partial charge < -0.3 is 4.90 Å². The van der Waals surface area contributed by atoms with Gasteiger partial charge in [-0.2, -0.15) is 0 Å². The average Bonchev–Trinajstić information content (AvgIpc) is 3.03.